The molecule has 0 atom stereocenters. The van der Waals surface area contributed by atoms with E-state index >= 15 is 0 Å². The van der Waals surface area contributed by atoms with Crippen LogP contribution in [0.15, 0.2) is 28.9 Å². The smallest absolute Gasteiger partial charge is 0.339 e. The van der Waals surface area contributed by atoms with Crippen LogP contribution in [0.1, 0.15) is 33.0 Å². The molecule has 3 rings (SSSR count). The van der Waals surface area contributed by atoms with Gasteiger partial charge >= 0.3 is 5.97 Å². The van der Waals surface area contributed by atoms with Crippen molar-refractivity contribution in [3.8, 4) is 0 Å². The van der Waals surface area contributed by atoms with E-state index in [-0.39, 0.29) is 11.5 Å². The fourth-order valence-electron chi connectivity index (χ4n) is 2.42. The van der Waals surface area contributed by atoms with Crippen LogP contribution < -0.4 is 5.32 Å². The Morgan fingerprint density at radius 2 is 2.24 bits per heavy atom. The number of rotatable bonds is 4. The van der Waals surface area contributed by atoms with Gasteiger partial charge in [-0.2, -0.15) is 0 Å². The summed E-state index contributed by atoms with van der Waals surface area (Å²) in [7, 11) is 0. The summed E-state index contributed by atoms with van der Waals surface area (Å²) in [6, 6.07) is 3.45. The highest BCUT2D eigenvalue weighted by atomic mass is 32.1. The molecule has 5 nitrogen and oxygen atoms in total. The lowest BCUT2D eigenvalue weighted by atomic mass is 10.1. The van der Waals surface area contributed by atoms with Gasteiger partial charge in [0.1, 0.15) is 10.8 Å². The first-order chi connectivity index (χ1) is 10.1. The summed E-state index contributed by atoms with van der Waals surface area (Å²) in [6.07, 6.45) is 7.02. The molecule has 1 aliphatic carbocycles. The Hall–Kier alpha value is -2.34. The summed E-state index contributed by atoms with van der Waals surface area (Å²) < 4.78 is 5.09. The number of carbonyl (C=O) groups excluding carboxylic acids is 1. The molecule has 1 amide bonds. The first kappa shape index (κ1) is 13.6. The van der Waals surface area contributed by atoms with Crippen LogP contribution in [0.5, 0.6) is 0 Å². The van der Waals surface area contributed by atoms with Crippen molar-refractivity contribution in [1.82, 2.24) is 0 Å². The lowest BCUT2D eigenvalue weighted by molar-refractivity contribution is -0.111. The molecule has 0 aliphatic heterocycles. The molecule has 1 aliphatic rings. The predicted octanol–water partition coefficient (Wildman–Crippen LogP) is 3.18. The van der Waals surface area contributed by atoms with E-state index in [9.17, 15) is 14.7 Å². The highest BCUT2D eigenvalue weighted by Crippen LogP contribution is 2.39. The van der Waals surface area contributed by atoms with Crippen LogP contribution in [0.2, 0.25) is 0 Å². The number of hydrogen-bond donors (Lipinski definition) is 2. The predicted molar refractivity (Wildman–Crippen MR) is 79.7 cm³/mol. The van der Waals surface area contributed by atoms with E-state index in [1.807, 2.05) is 0 Å². The number of amides is 1. The zero-order chi connectivity index (χ0) is 14.8. The van der Waals surface area contributed by atoms with Crippen molar-refractivity contribution in [3.63, 3.8) is 0 Å². The fourth-order valence-corrected chi connectivity index (χ4v) is 3.70. The standard InChI is InChI=1S/C15H13NO4S/c17-12(7-6-9-3-2-8-20-9)16-14-13(15(18)19)10-4-1-5-11(10)21-14/h2-3,6-8H,1,4-5H2,(H,16,17)(H,18,19). The van der Waals surface area contributed by atoms with Crippen molar-refractivity contribution in [3.05, 3.63) is 46.2 Å². The number of hydrogen-bond acceptors (Lipinski definition) is 4. The van der Waals surface area contributed by atoms with Crippen LogP contribution in [-0.2, 0) is 17.6 Å². The van der Waals surface area contributed by atoms with E-state index in [2.05, 4.69) is 5.32 Å². The van der Waals surface area contributed by atoms with Gasteiger partial charge in [-0.05, 0) is 43.0 Å². The van der Waals surface area contributed by atoms with Crippen LogP contribution in [-0.4, -0.2) is 17.0 Å². The van der Waals surface area contributed by atoms with E-state index in [1.165, 1.54) is 29.8 Å². The van der Waals surface area contributed by atoms with E-state index < -0.39 is 5.97 Å². The largest absolute Gasteiger partial charge is 0.478 e. The second-order valence-electron chi connectivity index (χ2n) is 4.70. The van der Waals surface area contributed by atoms with Gasteiger partial charge < -0.3 is 14.8 Å². The molecule has 0 unspecified atom stereocenters. The highest BCUT2D eigenvalue weighted by Gasteiger charge is 2.26. The number of carbonyl (C=O) groups is 2. The Morgan fingerprint density at radius 1 is 1.38 bits per heavy atom. The summed E-state index contributed by atoms with van der Waals surface area (Å²) in [6.45, 7) is 0. The van der Waals surface area contributed by atoms with E-state index in [0.29, 0.717) is 10.8 Å². The number of thiophene rings is 1. The normalized spacial score (nSPS) is 13.5. The molecule has 2 aromatic rings. The monoisotopic (exact) mass is 303 g/mol. The van der Waals surface area contributed by atoms with Crippen LogP contribution in [0.25, 0.3) is 6.08 Å². The maximum Gasteiger partial charge on any atom is 0.339 e. The summed E-state index contributed by atoms with van der Waals surface area (Å²) in [5, 5.41) is 12.4. The Labute approximate surface area is 124 Å². The zero-order valence-electron chi connectivity index (χ0n) is 11.1. The molecule has 0 saturated carbocycles. The van der Waals surface area contributed by atoms with Crippen molar-refractivity contribution in [2.75, 3.05) is 5.32 Å². The highest BCUT2D eigenvalue weighted by molar-refractivity contribution is 7.17. The third-order valence-corrected chi connectivity index (χ3v) is 4.52. The maximum absolute atomic E-state index is 11.9. The molecule has 0 radical (unpaired) electrons. The quantitative estimate of drug-likeness (QED) is 0.850. The second kappa shape index (κ2) is 5.57. The average molecular weight is 303 g/mol. The second-order valence-corrected chi connectivity index (χ2v) is 5.81. The number of anilines is 1. The number of nitrogens with one attached hydrogen (secondary N) is 1. The van der Waals surface area contributed by atoms with Crippen LogP contribution in [0.3, 0.4) is 0 Å². The third-order valence-electron chi connectivity index (χ3n) is 3.31. The van der Waals surface area contributed by atoms with Gasteiger partial charge in [0.2, 0.25) is 5.91 Å². The topological polar surface area (TPSA) is 79.5 Å². The van der Waals surface area contributed by atoms with Crippen molar-refractivity contribution in [2.24, 2.45) is 0 Å². The minimum atomic E-state index is -0.986. The van der Waals surface area contributed by atoms with Gasteiger partial charge in [0.15, 0.2) is 0 Å². The van der Waals surface area contributed by atoms with E-state index in [0.717, 1.165) is 29.7 Å². The Balaban J connectivity index is 1.79. The number of aryl methyl sites for hydroxylation is 1. The Bertz CT molecular complexity index is 712. The van der Waals surface area contributed by atoms with Gasteiger partial charge in [0, 0.05) is 11.0 Å². The minimum absolute atomic E-state index is 0.243. The number of furan rings is 1. The van der Waals surface area contributed by atoms with Crippen molar-refractivity contribution in [1.29, 1.82) is 0 Å². The Morgan fingerprint density at radius 3 is 2.95 bits per heavy atom. The molecule has 0 spiro atoms. The van der Waals surface area contributed by atoms with Gasteiger partial charge in [-0.1, -0.05) is 0 Å². The Kier molecular flexibility index (Phi) is 3.62. The molecule has 0 bridgehead atoms. The number of carboxylic acids is 1. The number of aromatic carboxylic acids is 1. The van der Waals surface area contributed by atoms with Crippen molar-refractivity contribution in [2.45, 2.75) is 19.3 Å². The lowest BCUT2D eigenvalue weighted by Crippen LogP contribution is -2.10. The molecule has 0 saturated heterocycles. The van der Waals surface area contributed by atoms with Gasteiger partial charge in [-0.15, -0.1) is 11.3 Å². The molecule has 21 heavy (non-hydrogen) atoms. The maximum atomic E-state index is 11.9. The van der Waals surface area contributed by atoms with Crippen molar-refractivity contribution >= 4 is 34.3 Å². The molecule has 108 valence electrons. The molecule has 6 heteroatoms. The molecule has 2 N–H and O–H groups in total. The summed E-state index contributed by atoms with van der Waals surface area (Å²) in [5.74, 6) is -0.786. The van der Waals surface area contributed by atoms with Crippen molar-refractivity contribution < 1.29 is 19.1 Å². The van der Waals surface area contributed by atoms with E-state index in [1.54, 1.807) is 12.1 Å². The number of fused-ring (bicyclic) bond motifs is 1. The average Bonchev–Trinajstić information content (AvgIpc) is 3.11. The molecule has 0 aromatic carbocycles. The summed E-state index contributed by atoms with van der Waals surface area (Å²) in [5.41, 5.74) is 1.12. The molecular formula is C15H13NO4S. The van der Waals surface area contributed by atoms with Gasteiger partial charge in [-0.3, -0.25) is 4.79 Å². The SMILES string of the molecule is O=C(C=Cc1ccco1)Nc1sc2c(c1C(=O)O)CCC2. The van der Waals surface area contributed by atoms with Gasteiger partial charge in [0.25, 0.3) is 0 Å². The zero-order valence-corrected chi connectivity index (χ0v) is 11.9. The fraction of sp³-hybridized carbons (Fsp3) is 0.200. The van der Waals surface area contributed by atoms with Crippen LogP contribution >= 0.6 is 11.3 Å². The molecular weight excluding hydrogens is 290 g/mol. The van der Waals surface area contributed by atoms with Gasteiger partial charge in [-0.25, -0.2) is 4.79 Å². The van der Waals surface area contributed by atoms with Crippen LogP contribution in [0.4, 0.5) is 5.00 Å². The molecule has 2 heterocycles. The molecule has 0 fully saturated rings. The first-order valence-corrected chi connectivity index (χ1v) is 7.37. The van der Waals surface area contributed by atoms with E-state index in [4.69, 9.17) is 4.42 Å². The third kappa shape index (κ3) is 2.75. The lowest BCUT2D eigenvalue weighted by Gasteiger charge is -2.02. The van der Waals surface area contributed by atoms with Crippen LogP contribution in [0, 0.1) is 0 Å². The first-order valence-electron chi connectivity index (χ1n) is 6.55. The summed E-state index contributed by atoms with van der Waals surface area (Å²) in [4.78, 5) is 24.3. The minimum Gasteiger partial charge on any atom is -0.478 e. The number of carboxylic acid groups (broad SMARTS) is 1. The summed E-state index contributed by atoms with van der Waals surface area (Å²) >= 11 is 1.36. The van der Waals surface area contributed by atoms with Gasteiger partial charge in [0.05, 0.1) is 11.8 Å². The molecule has 2 aromatic heterocycles.